The second kappa shape index (κ2) is 9.18. The minimum atomic E-state index is -3.38. The summed E-state index contributed by atoms with van der Waals surface area (Å²) in [5, 5.41) is 0. The van der Waals surface area contributed by atoms with E-state index in [9.17, 15) is 18.0 Å². The number of ketones is 1. The van der Waals surface area contributed by atoms with Gasteiger partial charge in [-0.05, 0) is 67.1 Å². The first kappa shape index (κ1) is 23.7. The van der Waals surface area contributed by atoms with Crippen LogP contribution in [-0.2, 0) is 31.4 Å². The molecular weight excluding hydrogens is 470 g/mol. The molecule has 186 valence electrons. The molecule has 0 aromatic heterocycles. The summed E-state index contributed by atoms with van der Waals surface area (Å²) in [5.74, 6) is 0.578. The summed E-state index contributed by atoms with van der Waals surface area (Å²) in [6, 6.07) is 10.6. The van der Waals surface area contributed by atoms with Crippen molar-refractivity contribution in [2.24, 2.45) is 0 Å². The second-order valence-corrected chi connectivity index (χ2v) is 11.3. The molecule has 8 nitrogen and oxygen atoms in total. The number of Topliss-reactive ketones (excluding diaryl/α,β-unsaturated/α-hetero) is 1. The molecule has 0 bridgehead atoms. The number of esters is 1. The van der Waals surface area contributed by atoms with Gasteiger partial charge in [-0.3, -0.25) is 13.9 Å². The minimum absolute atomic E-state index is 0.312. The molecule has 3 aliphatic rings. The third-order valence-corrected chi connectivity index (χ3v) is 8.33. The maximum atomic E-state index is 13.3. The van der Waals surface area contributed by atoms with Gasteiger partial charge in [0.2, 0.25) is 10.0 Å². The predicted molar refractivity (Wildman–Crippen MR) is 130 cm³/mol. The van der Waals surface area contributed by atoms with E-state index in [1.807, 2.05) is 18.2 Å². The summed E-state index contributed by atoms with van der Waals surface area (Å²) in [4.78, 5) is 26.3. The lowest BCUT2D eigenvalue weighted by molar-refractivity contribution is -0.149. The lowest BCUT2D eigenvalue weighted by Gasteiger charge is -2.29. The molecule has 0 spiro atoms. The Morgan fingerprint density at radius 3 is 2.49 bits per heavy atom. The summed E-state index contributed by atoms with van der Waals surface area (Å²) in [5.41, 5.74) is 1.85. The van der Waals surface area contributed by atoms with E-state index >= 15 is 0 Å². The van der Waals surface area contributed by atoms with Crippen molar-refractivity contribution in [3.05, 3.63) is 53.1 Å². The highest BCUT2D eigenvalue weighted by molar-refractivity contribution is 7.92. The van der Waals surface area contributed by atoms with Gasteiger partial charge < -0.3 is 14.2 Å². The van der Waals surface area contributed by atoms with Crippen LogP contribution in [0.5, 0.6) is 11.5 Å². The van der Waals surface area contributed by atoms with E-state index in [1.54, 1.807) is 18.2 Å². The van der Waals surface area contributed by atoms with E-state index < -0.39 is 21.4 Å². The first-order valence-electron chi connectivity index (χ1n) is 12.0. The number of anilines is 1. The highest BCUT2D eigenvalue weighted by atomic mass is 32.2. The monoisotopic (exact) mass is 499 g/mol. The lowest BCUT2D eigenvalue weighted by atomic mass is 9.78. The van der Waals surface area contributed by atoms with Gasteiger partial charge in [0.05, 0.1) is 17.4 Å². The maximum Gasteiger partial charge on any atom is 0.317 e. The summed E-state index contributed by atoms with van der Waals surface area (Å²) in [6.45, 7) is 1.03. The molecule has 2 aromatic carbocycles. The highest BCUT2D eigenvalue weighted by Crippen LogP contribution is 2.45. The summed E-state index contributed by atoms with van der Waals surface area (Å²) >= 11 is 0. The van der Waals surface area contributed by atoms with Gasteiger partial charge in [0.1, 0.15) is 13.2 Å². The van der Waals surface area contributed by atoms with E-state index in [4.69, 9.17) is 14.2 Å². The fourth-order valence-corrected chi connectivity index (χ4v) is 6.36. The topological polar surface area (TPSA) is 99.2 Å². The number of carbonyl (C=O) groups is 2. The Bertz CT molecular complexity index is 1260. The molecule has 5 rings (SSSR count). The van der Waals surface area contributed by atoms with Crippen molar-refractivity contribution in [1.29, 1.82) is 0 Å². The zero-order valence-electron chi connectivity index (χ0n) is 19.7. The molecule has 0 amide bonds. The van der Waals surface area contributed by atoms with Gasteiger partial charge in [-0.15, -0.1) is 0 Å². The van der Waals surface area contributed by atoms with Crippen LogP contribution in [0.15, 0.2) is 36.4 Å². The number of ether oxygens (including phenoxy) is 3. The summed E-state index contributed by atoms with van der Waals surface area (Å²) in [6.07, 6.45) is 5.67. The fraction of sp³-hybridized carbons (Fsp3) is 0.462. The van der Waals surface area contributed by atoms with E-state index in [0.717, 1.165) is 24.0 Å². The number of nitrogens with zero attached hydrogens (tertiary/aromatic N) is 1. The number of benzene rings is 2. The Labute approximate surface area is 205 Å². The quantitative estimate of drug-likeness (QED) is 0.444. The number of hydrogen-bond donors (Lipinski definition) is 0. The molecule has 0 saturated heterocycles. The molecule has 1 fully saturated rings. The Hall–Kier alpha value is -3.07. The molecule has 2 aromatic rings. The molecule has 0 unspecified atom stereocenters. The predicted octanol–water partition coefficient (Wildman–Crippen LogP) is 3.41. The van der Waals surface area contributed by atoms with Crippen LogP contribution in [0, 0.1) is 0 Å². The first-order valence-corrected chi connectivity index (χ1v) is 13.8. The van der Waals surface area contributed by atoms with Crippen LogP contribution in [0.4, 0.5) is 5.69 Å². The summed E-state index contributed by atoms with van der Waals surface area (Å²) in [7, 11) is -3.38. The van der Waals surface area contributed by atoms with Crippen LogP contribution in [0.1, 0.15) is 53.6 Å². The molecule has 9 heteroatoms. The van der Waals surface area contributed by atoms with Crippen LogP contribution in [-0.4, -0.2) is 52.8 Å². The van der Waals surface area contributed by atoms with Crippen molar-refractivity contribution < 1.29 is 32.2 Å². The average Bonchev–Trinajstić information content (AvgIpc) is 3.37. The maximum absolute atomic E-state index is 13.3. The molecule has 0 radical (unpaired) electrons. The van der Waals surface area contributed by atoms with Gasteiger partial charge in [-0.1, -0.05) is 18.9 Å². The Morgan fingerprint density at radius 2 is 1.74 bits per heavy atom. The summed E-state index contributed by atoms with van der Waals surface area (Å²) < 4.78 is 42.4. The Kier molecular flexibility index (Phi) is 6.21. The first-order chi connectivity index (χ1) is 16.8. The Morgan fingerprint density at radius 1 is 1.00 bits per heavy atom. The van der Waals surface area contributed by atoms with Crippen molar-refractivity contribution >= 4 is 27.5 Å². The van der Waals surface area contributed by atoms with Gasteiger partial charge in [0.15, 0.2) is 23.9 Å². The fourth-order valence-electron chi connectivity index (χ4n) is 5.36. The van der Waals surface area contributed by atoms with Crippen LogP contribution < -0.4 is 13.8 Å². The van der Waals surface area contributed by atoms with Gasteiger partial charge >= 0.3 is 5.97 Å². The van der Waals surface area contributed by atoms with Gasteiger partial charge in [0, 0.05) is 12.1 Å². The molecule has 2 heterocycles. The zero-order valence-corrected chi connectivity index (χ0v) is 20.6. The molecule has 2 aliphatic heterocycles. The van der Waals surface area contributed by atoms with Crippen molar-refractivity contribution in [2.75, 3.05) is 36.9 Å². The van der Waals surface area contributed by atoms with Gasteiger partial charge in [-0.2, -0.15) is 0 Å². The third kappa shape index (κ3) is 4.49. The van der Waals surface area contributed by atoms with E-state index in [0.29, 0.717) is 68.2 Å². The highest BCUT2D eigenvalue weighted by Gasteiger charge is 2.45. The molecule has 35 heavy (non-hydrogen) atoms. The molecular formula is C26H29NO7S. The molecule has 1 saturated carbocycles. The minimum Gasteiger partial charge on any atom is -0.486 e. The average molecular weight is 500 g/mol. The van der Waals surface area contributed by atoms with Crippen LogP contribution in [0.25, 0.3) is 0 Å². The molecule has 1 aliphatic carbocycles. The third-order valence-electron chi connectivity index (χ3n) is 7.15. The zero-order chi connectivity index (χ0) is 24.6. The smallest absolute Gasteiger partial charge is 0.317 e. The number of carbonyl (C=O) groups excluding carboxylic acids is 2. The Balaban J connectivity index is 1.32. The van der Waals surface area contributed by atoms with Crippen molar-refractivity contribution in [1.82, 2.24) is 0 Å². The van der Waals surface area contributed by atoms with Crippen molar-refractivity contribution in [2.45, 2.75) is 43.9 Å². The number of aryl methyl sites for hydroxylation is 1. The van der Waals surface area contributed by atoms with Crippen LogP contribution in [0.2, 0.25) is 0 Å². The van der Waals surface area contributed by atoms with Crippen LogP contribution >= 0.6 is 0 Å². The normalized spacial score (nSPS) is 18.6. The van der Waals surface area contributed by atoms with Crippen LogP contribution in [0.3, 0.4) is 0 Å². The van der Waals surface area contributed by atoms with E-state index in [-0.39, 0.29) is 12.4 Å². The lowest BCUT2D eigenvalue weighted by Crippen LogP contribution is -2.36. The van der Waals surface area contributed by atoms with Gasteiger partial charge in [-0.25, -0.2) is 8.42 Å². The molecule has 0 atom stereocenters. The standard InChI is InChI=1S/C26H29NO7S/c1-35(30,31)27-12-4-5-18-15-19(6-8-21(18)27)22(28)17-34-25(29)26(10-2-3-11-26)20-7-9-23-24(16-20)33-14-13-32-23/h6-9,15-16H,2-5,10-14,17H2,1H3. The van der Waals surface area contributed by atoms with Crippen molar-refractivity contribution in [3.8, 4) is 11.5 Å². The number of fused-ring (bicyclic) bond motifs is 2. The number of sulfonamides is 1. The van der Waals surface area contributed by atoms with Gasteiger partial charge in [0.25, 0.3) is 0 Å². The van der Waals surface area contributed by atoms with E-state index in [1.165, 1.54) is 10.6 Å². The van der Waals surface area contributed by atoms with E-state index in [2.05, 4.69) is 0 Å². The second-order valence-electron chi connectivity index (χ2n) is 9.43. The number of hydrogen-bond acceptors (Lipinski definition) is 7. The van der Waals surface area contributed by atoms with Crippen molar-refractivity contribution in [3.63, 3.8) is 0 Å². The SMILES string of the molecule is CS(=O)(=O)N1CCCc2cc(C(=O)COC(=O)C3(c4ccc5c(c4)OCCO5)CCCC3)ccc21. The largest absolute Gasteiger partial charge is 0.486 e. The number of rotatable bonds is 6. The molecule has 0 N–H and O–H groups in total.